The molecule has 1 fully saturated rings. The number of anilines is 1. The molecule has 0 aliphatic heterocycles. The van der Waals surface area contributed by atoms with Gasteiger partial charge in [-0.25, -0.2) is 8.42 Å². The van der Waals surface area contributed by atoms with Crippen LogP contribution in [0.4, 0.5) is 18.9 Å². The maximum atomic E-state index is 13.0. The van der Waals surface area contributed by atoms with Gasteiger partial charge in [-0.15, -0.1) is 11.8 Å². The molecule has 1 aliphatic carbocycles. The Hall–Kier alpha value is -2.77. The zero-order valence-electron chi connectivity index (χ0n) is 19.9. The molecule has 0 aromatic heterocycles. The molecule has 2 aromatic rings. The minimum atomic E-state index is -4.67. The van der Waals surface area contributed by atoms with Gasteiger partial charge in [0.2, 0.25) is 5.91 Å². The van der Waals surface area contributed by atoms with Crippen LogP contribution in [0.25, 0.3) is 0 Å². The Kier molecular flexibility index (Phi) is 9.13. The van der Waals surface area contributed by atoms with Crippen LogP contribution in [0.5, 0.6) is 0 Å². The number of aliphatic hydroxyl groups excluding tert-OH is 1. The Balaban J connectivity index is 1.64. The Morgan fingerprint density at radius 3 is 2.43 bits per heavy atom. The zero-order valence-corrected chi connectivity index (χ0v) is 21.5. The van der Waals surface area contributed by atoms with Crippen molar-refractivity contribution >= 4 is 39.1 Å². The van der Waals surface area contributed by atoms with Crippen molar-refractivity contribution in [2.45, 2.75) is 47.4 Å². The van der Waals surface area contributed by atoms with E-state index < -0.39 is 63.6 Å². The van der Waals surface area contributed by atoms with Crippen molar-refractivity contribution in [3.8, 4) is 0 Å². The van der Waals surface area contributed by atoms with Crippen LogP contribution in [0.15, 0.2) is 52.3 Å². The lowest BCUT2D eigenvalue weighted by Gasteiger charge is -2.34. The fourth-order valence-electron chi connectivity index (χ4n) is 4.19. The summed E-state index contributed by atoms with van der Waals surface area (Å²) in [7, 11) is -3.67. The minimum Gasteiger partial charge on any atom is -0.398 e. The number of sulfone groups is 1. The lowest BCUT2D eigenvalue weighted by atomic mass is 9.84. The molecule has 13 heteroatoms. The topological polar surface area (TPSA) is 139 Å². The first-order valence-corrected chi connectivity index (χ1v) is 14.3. The lowest BCUT2D eigenvalue weighted by Crippen LogP contribution is -2.50. The van der Waals surface area contributed by atoms with Crippen molar-refractivity contribution in [1.82, 2.24) is 10.6 Å². The number of carbonyl (C=O) groups is 2. The van der Waals surface area contributed by atoms with E-state index in [2.05, 4.69) is 10.6 Å². The second kappa shape index (κ2) is 11.7. The smallest absolute Gasteiger partial charge is 0.398 e. The number of benzene rings is 2. The maximum Gasteiger partial charge on any atom is 0.416 e. The van der Waals surface area contributed by atoms with Crippen LogP contribution in [-0.4, -0.2) is 56.0 Å². The predicted octanol–water partition coefficient (Wildman–Crippen LogP) is 2.86. The predicted molar refractivity (Wildman–Crippen MR) is 134 cm³/mol. The third-order valence-corrected chi connectivity index (χ3v) is 8.80. The van der Waals surface area contributed by atoms with E-state index in [1.165, 1.54) is 23.9 Å². The highest BCUT2D eigenvalue weighted by Crippen LogP contribution is 2.31. The number of aliphatic hydroxyl groups is 1. The Labute approximate surface area is 217 Å². The van der Waals surface area contributed by atoms with Crippen molar-refractivity contribution in [1.29, 1.82) is 0 Å². The number of thioether (sulfide) groups is 1. The minimum absolute atomic E-state index is 0.131. The summed E-state index contributed by atoms with van der Waals surface area (Å²) < 4.78 is 64.9. The quantitative estimate of drug-likeness (QED) is 0.288. The third-order valence-electron chi connectivity index (χ3n) is 6.20. The van der Waals surface area contributed by atoms with Gasteiger partial charge < -0.3 is 21.5 Å². The van der Waals surface area contributed by atoms with Gasteiger partial charge in [-0.2, -0.15) is 13.2 Å². The number of rotatable bonds is 8. The molecule has 3 rings (SSSR count). The van der Waals surface area contributed by atoms with E-state index in [1.54, 1.807) is 12.1 Å². The summed E-state index contributed by atoms with van der Waals surface area (Å²) in [6.45, 7) is -0.573. The summed E-state index contributed by atoms with van der Waals surface area (Å²) in [6.07, 6.45) is -2.66. The molecule has 202 valence electrons. The molecule has 5 N–H and O–H groups in total. The number of hydrogen-bond acceptors (Lipinski definition) is 7. The standard InChI is InChI=1S/C24H28F3N3O5S2/c1-36-17-5-7-18(8-6-17)37(34,35)13-14-2-4-16(31)11-21(14)30-22(32)12-29-23(33)19-10-15(24(25,26)27)3-9-20(19)28/h3,5-10,14,16,21,31H,2,4,11-13,28H2,1H3,(H,29,33)(H,30,32)/t14-,16?,21-/m0/s1. The second-order valence-corrected chi connectivity index (χ2v) is 11.8. The van der Waals surface area contributed by atoms with Crippen molar-refractivity contribution < 1.29 is 36.3 Å². The van der Waals surface area contributed by atoms with Gasteiger partial charge in [0, 0.05) is 16.6 Å². The number of nitrogens with one attached hydrogen (secondary N) is 2. The summed E-state index contributed by atoms with van der Waals surface area (Å²) in [5.41, 5.74) is 3.97. The summed E-state index contributed by atoms with van der Waals surface area (Å²) in [6, 6.07) is 8.12. The monoisotopic (exact) mass is 559 g/mol. The Morgan fingerprint density at radius 1 is 1.14 bits per heavy atom. The molecule has 2 aromatic carbocycles. The first kappa shape index (κ1) is 28.8. The summed E-state index contributed by atoms with van der Waals surface area (Å²) in [5, 5.41) is 15.0. The van der Waals surface area contributed by atoms with Gasteiger partial charge in [0.25, 0.3) is 5.91 Å². The van der Waals surface area contributed by atoms with Crippen LogP contribution in [0.1, 0.15) is 35.2 Å². The molecule has 1 saturated carbocycles. The molecule has 2 amide bonds. The molecule has 0 saturated heterocycles. The fourth-order valence-corrected chi connectivity index (χ4v) is 6.31. The van der Waals surface area contributed by atoms with Gasteiger partial charge in [-0.05, 0) is 73.9 Å². The van der Waals surface area contributed by atoms with E-state index in [-0.39, 0.29) is 22.8 Å². The molecular weight excluding hydrogens is 531 g/mol. The fraction of sp³-hybridized carbons (Fsp3) is 0.417. The second-order valence-electron chi connectivity index (χ2n) is 8.84. The van der Waals surface area contributed by atoms with Crippen LogP contribution in [0.2, 0.25) is 0 Å². The van der Waals surface area contributed by atoms with E-state index >= 15 is 0 Å². The van der Waals surface area contributed by atoms with Gasteiger partial charge in [0.15, 0.2) is 9.84 Å². The van der Waals surface area contributed by atoms with Gasteiger partial charge in [-0.3, -0.25) is 9.59 Å². The molecular formula is C24H28F3N3O5S2. The maximum absolute atomic E-state index is 13.0. The van der Waals surface area contributed by atoms with Crippen LogP contribution in [0.3, 0.4) is 0 Å². The number of halogens is 3. The zero-order chi connectivity index (χ0) is 27.4. The first-order chi connectivity index (χ1) is 17.3. The molecule has 1 unspecified atom stereocenters. The van der Waals surface area contributed by atoms with E-state index in [1.807, 2.05) is 6.26 Å². The number of hydrogen-bond donors (Lipinski definition) is 4. The van der Waals surface area contributed by atoms with Gasteiger partial charge in [0.05, 0.1) is 34.4 Å². The average molecular weight is 560 g/mol. The van der Waals surface area contributed by atoms with E-state index in [4.69, 9.17) is 5.73 Å². The van der Waals surface area contributed by atoms with Gasteiger partial charge >= 0.3 is 6.18 Å². The molecule has 0 heterocycles. The number of nitrogen functional groups attached to an aromatic ring is 1. The van der Waals surface area contributed by atoms with Crippen LogP contribution in [0, 0.1) is 5.92 Å². The molecule has 1 aliphatic rings. The van der Waals surface area contributed by atoms with Crippen LogP contribution >= 0.6 is 11.8 Å². The van der Waals surface area contributed by atoms with Crippen molar-refractivity contribution in [3.05, 3.63) is 53.6 Å². The van der Waals surface area contributed by atoms with Crippen molar-refractivity contribution in [2.75, 3.05) is 24.3 Å². The van der Waals surface area contributed by atoms with E-state index in [0.717, 1.165) is 17.0 Å². The van der Waals surface area contributed by atoms with E-state index in [0.29, 0.717) is 18.9 Å². The SMILES string of the molecule is CSc1ccc(S(=O)(=O)C[C@@H]2CCC(O)C[C@@H]2NC(=O)CNC(=O)c2cc(C(F)(F)F)ccc2N)cc1. The largest absolute Gasteiger partial charge is 0.416 e. The lowest BCUT2D eigenvalue weighted by molar-refractivity contribution is -0.137. The van der Waals surface area contributed by atoms with Crippen molar-refractivity contribution in [3.63, 3.8) is 0 Å². The third kappa shape index (κ3) is 7.62. The Morgan fingerprint density at radius 2 is 1.81 bits per heavy atom. The number of carbonyl (C=O) groups excluding carboxylic acids is 2. The number of amides is 2. The summed E-state index contributed by atoms with van der Waals surface area (Å²) in [5.74, 6) is -2.36. The number of nitrogens with two attached hydrogens (primary N) is 1. The van der Waals surface area contributed by atoms with Gasteiger partial charge in [-0.1, -0.05) is 0 Å². The van der Waals surface area contributed by atoms with Crippen LogP contribution in [-0.2, 0) is 20.8 Å². The summed E-state index contributed by atoms with van der Waals surface area (Å²) in [4.78, 5) is 26.0. The number of alkyl halides is 3. The highest BCUT2D eigenvalue weighted by atomic mass is 32.2. The molecule has 0 radical (unpaired) electrons. The highest BCUT2D eigenvalue weighted by Gasteiger charge is 2.35. The first-order valence-electron chi connectivity index (χ1n) is 11.4. The molecule has 37 heavy (non-hydrogen) atoms. The van der Waals surface area contributed by atoms with Gasteiger partial charge in [0.1, 0.15) is 0 Å². The highest BCUT2D eigenvalue weighted by molar-refractivity contribution is 7.98. The molecule has 3 atom stereocenters. The normalized spacial score (nSPS) is 20.3. The van der Waals surface area contributed by atoms with Crippen LogP contribution < -0.4 is 16.4 Å². The molecule has 0 bridgehead atoms. The average Bonchev–Trinajstić information content (AvgIpc) is 2.83. The van der Waals surface area contributed by atoms with E-state index in [9.17, 15) is 36.3 Å². The molecule has 8 nitrogen and oxygen atoms in total. The van der Waals surface area contributed by atoms with Crippen molar-refractivity contribution in [2.24, 2.45) is 5.92 Å². The summed E-state index contributed by atoms with van der Waals surface area (Å²) >= 11 is 1.48. The Bertz CT molecular complexity index is 1240. The molecule has 0 spiro atoms.